The first-order valence-corrected chi connectivity index (χ1v) is 25.7. The maximum absolute atomic E-state index is 13.9. The fourth-order valence-corrected chi connectivity index (χ4v) is 11.5. The van der Waals surface area contributed by atoms with Crippen LogP contribution in [0.15, 0.2) is 101 Å². The van der Waals surface area contributed by atoms with Crippen LogP contribution in [0.2, 0.25) is 0 Å². The molecule has 4 aromatic carbocycles. The summed E-state index contributed by atoms with van der Waals surface area (Å²) in [5, 5.41) is 24.6. The Morgan fingerprint density at radius 3 is 1.51 bits per heavy atom. The lowest BCUT2D eigenvalue weighted by Crippen LogP contribution is -2.44. The summed E-state index contributed by atoms with van der Waals surface area (Å²) in [6.07, 6.45) is 1.43. The molecule has 4 aliphatic heterocycles. The highest BCUT2D eigenvalue weighted by molar-refractivity contribution is 5.91. The van der Waals surface area contributed by atoms with Crippen molar-refractivity contribution in [2.75, 3.05) is 7.11 Å². The average molecular weight is 1020 g/mol. The van der Waals surface area contributed by atoms with Gasteiger partial charge in [-0.05, 0) is 121 Å². The number of fused-ring (bicyclic) bond motifs is 10. The van der Waals surface area contributed by atoms with Crippen LogP contribution in [0.3, 0.4) is 0 Å². The van der Waals surface area contributed by atoms with Crippen molar-refractivity contribution in [3.8, 4) is 45.8 Å². The molecule has 8 heterocycles. The van der Waals surface area contributed by atoms with E-state index in [1.807, 2.05) is 78.9 Å². The summed E-state index contributed by atoms with van der Waals surface area (Å²) in [4.78, 5) is 63.5. The molecule has 0 bridgehead atoms. The van der Waals surface area contributed by atoms with Crippen molar-refractivity contribution in [2.24, 2.45) is 0 Å². The number of aryl methyl sites for hydroxylation is 2. The van der Waals surface area contributed by atoms with Gasteiger partial charge in [0.25, 0.3) is 11.1 Å². The molecular weight excluding hydrogens is 969 g/mol. The Morgan fingerprint density at radius 2 is 1.03 bits per heavy atom. The lowest BCUT2D eigenvalue weighted by Gasteiger charge is -2.31. The van der Waals surface area contributed by atoms with Crippen LogP contribution in [0.25, 0.3) is 44.6 Å². The van der Waals surface area contributed by atoms with E-state index in [1.165, 1.54) is 0 Å². The van der Waals surface area contributed by atoms with Gasteiger partial charge < -0.3 is 47.8 Å². The van der Waals surface area contributed by atoms with Crippen molar-refractivity contribution in [1.29, 1.82) is 0 Å². The molecule has 2 atom stereocenters. The summed E-state index contributed by atoms with van der Waals surface area (Å²) >= 11 is 0. The third-order valence-electron chi connectivity index (χ3n) is 15.7. The van der Waals surface area contributed by atoms with Gasteiger partial charge in [-0.15, -0.1) is 0 Å². The lowest BCUT2D eigenvalue weighted by molar-refractivity contribution is -0.172. The summed E-state index contributed by atoms with van der Waals surface area (Å²) in [7, 11) is 1.63. The Balaban J connectivity index is 0.825. The van der Waals surface area contributed by atoms with Crippen LogP contribution >= 0.6 is 0 Å². The van der Waals surface area contributed by atoms with Crippen molar-refractivity contribution in [3.05, 3.63) is 173 Å². The molecule has 0 radical (unpaired) electrons. The number of carbonyl (C=O) groups excluding carboxylic acids is 2. The van der Waals surface area contributed by atoms with Gasteiger partial charge in [-0.1, -0.05) is 45.9 Å². The standard InChI is InChI=1S/C60H54N4O12/c1-6-38-40-21-36(15-17-48(40)61-53-42(38)25-63-50(53)23-46-44(55(63)65)30-75-57(67)59(46,69)8-3)72-28-33-12-19-52(74-27-32-10-13-35(71-5)14-11-32)34(20-33)29-73-37-16-18-49-41(22-37)39(7-2)43-26-64-51(54(43)62-49)24-47-45(56(64)66)31-76-58(68)60(47,70)9-4/h10-24,69-70H,6-9,25-31H2,1-5H3/t59-,60-/m0/s1. The van der Waals surface area contributed by atoms with Crippen molar-refractivity contribution in [2.45, 2.75) is 111 Å². The summed E-state index contributed by atoms with van der Waals surface area (Å²) in [6, 6.07) is 28.6. The molecule has 0 unspecified atom stereocenters. The Hall–Kier alpha value is -8.34. The van der Waals surface area contributed by atoms with Crippen LogP contribution in [0.1, 0.15) is 102 Å². The van der Waals surface area contributed by atoms with Gasteiger partial charge in [0.15, 0.2) is 11.2 Å². The van der Waals surface area contributed by atoms with E-state index >= 15 is 0 Å². The molecule has 0 amide bonds. The first kappa shape index (κ1) is 48.6. The number of benzene rings is 4. The van der Waals surface area contributed by atoms with E-state index in [-0.39, 0.29) is 72.6 Å². The number of nitrogens with zero attached hydrogens (tertiary/aromatic N) is 4. The molecule has 0 saturated carbocycles. The van der Waals surface area contributed by atoms with Crippen molar-refractivity contribution < 1.29 is 48.2 Å². The van der Waals surface area contributed by atoms with Crippen LogP contribution in [-0.4, -0.2) is 48.4 Å². The quantitative estimate of drug-likeness (QED) is 0.0985. The zero-order chi connectivity index (χ0) is 52.8. The molecule has 0 saturated heterocycles. The number of hydrogen-bond acceptors (Lipinski definition) is 14. The number of methoxy groups -OCH3 is 1. The summed E-state index contributed by atoms with van der Waals surface area (Å²) in [5.41, 5.74) is 7.03. The van der Waals surface area contributed by atoms with Crippen LogP contribution in [0, 0.1) is 0 Å². The zero-order valence-electron chi connectivity index (χ0n) is 42.7. The molecular formula is C60H54N4O12. The monoisotopic (exact) mass is 1020 g/mol. The number of carbonyl (C=O) groups is 2. The second-order valence-electron chi connectivity index (χ2n) is 19.8. The molecule has 4 aromatic heterocycles. The predicted molar refractivity (Wildman–Crippen MR) is 280 cm³/mol. The zero-order valence-corrected chi connectivity index (χ0v) is 42.7. The summed E-state index contributed by atoms with van der Waals surface area (Å²) in [5.74, 6) is 1.11. The smallest absolute Gasteiger partial charge is 0.343 e. The van der Waals surface area contributed by atoms with Crippen LogP contribution in [0.5, 0.6) is 23.0 Å². The van der Waals surface area contributed by atoms with Crippen molar-refractivity contribution in [1.82, 2.24) is 19.1 Å². The molecule has 8 aromatic rings. The topological polar surface area (TPSA) is 200 Å². The second kappa shape index (κ2) is 18.5. The van der Waals surface area contributed by atoms with Gasteiger partial charge in [0.1, 0.15) is 56.0 Å². The molecule has 76 heavy (non-hydrogen) atoms. The Labute approximate surface area is 436 Å². The fraction of sp³-hybridized carbons (Fsp3) is 0.300. The predicted octanol–water partition coefficient (Wildman–Crippen LogP) is 8.34. The van der Waals surface area contributed by atoms with Gasteiger partial charge in [-0.25, -0.2) is 19.6 Å². The largest absolute Gasteiger partial charge is 0.497 e. The summed E-state index contributed by atoms with van der Waals surface area (Å²) in [6.45, 7) is 8.40. The Bertz CT molecular complexity index is 3900. The SMILES string of the molecule is CCc1c2c(nc3ccc(OCc4ccc(OCc5ccc(OC)cc5)c(COc5ccc6nc7c(c(CC)c6c5)Cn5c-7cc6c(c5=O)COC(=O)[C@]6(O)CC)c4)cc13)-c1cc3c(c(=O)n1C2)COC(=O)[C@]3(O)CC. The van der Waals surface area contributed by atoms with E-state index in [0.717, 1.165) is 61.0 Å². The van der Waals surface area contributed by atoms with Gasteiger partial charge in [0.05, 0.1) is 65.1 Å². The number of rotatable bonds is 14. The molecule has 0 aliphatic carbocycles. The fourth-order valence-electron chi connectivity index (χ4n) is 11.5. The van der Waals surface area contributed by atoms with E-state index in [1.54, 1.807) is 42.2 Å². The molecule has 4 aliphatic rings. The molecule has 2 N–H and O–H groups in total. The Kier molecular flexibility index (Phi) is 11.8. The summed E-state index contributed by atoms with van der Waals surface area (Å²) < 4.78 is 38.8. The molecule has 12 rings (SSSR count). The Morgan fingerprint density at radius 1 is 0.553 bits per heavy atom. The first-order chi connectivity index (χ1) is 36.8. The van der Waals surface area contributed by atoms with Crippen LogP contribution in [-0.2, 0) is 89.2 Å². The highest BCUT2D eigenvalue weighted by Crippen LogP contribution is 2.43. The first-order valence-electron chi connectivity index (χ1n) is 25.7. The van der Waals surface area contributed by atoms with E-state index in [2.05, 4.69) is 13.8 Å². The van der Waals surface area contributed by atoms with E-state index < -0.39 is 23.1 Å². The third kappa shape index (κ3) is 7.63. The van der Waals surface area contributed by atoms with Crippen LogP contribution in [0.4, 0.5) is 0 Å². The van der Waals surface area contributed by atoms with Gasteiger partial charge in [-0.3, -0.25) is 9.59 Å². The normalized spacial score (nSPS) is 17.8. The van der Waals surface area contributed by atoms with Crippen molar-refractivity contribution in [3.63, 3.8) is 0 Å². The maximum atomic E-state index is 13.9. The number of cyclic esters (lactones) is 2. The maximum Gasteiger partial charge on any atom is 0.343 e. The van der Waals surface area contributed by atoms with Gasteiger partial charge >= 0.3 is 11.9 Å². The number of esters is 2. The molecule has 0 fully saturated rings. The minimum atomic E-state index is -1.92. The number of ether oxygens (including phenoxy) is 6. The van der Waals surface area contributed by atoms with Crippen molar-refractivity contribution >= 4 is 33.7 Å². The average Bonchev–Trinajstić information content (AvgIpc) is 4.01. The van der Waals surface area contributed by atoms with E-state index in [4.69, 9.17) is 38.4 Å². The minimum Gasteiger partial charge on any atom is -0.497 e. The van der Waals surface area contributed by atoms with Gasteiger partial charge in [0, 0.05) is 38.6 Å². The molecule has 16 heteroatoms. The second-order valence-corrected chi connectivity index (χ2v) is 19.8. The highest BCUT2D eigenvalue weighted by atomic mass is 16.6. The third-order valence-corrected chi connectivity index (χ3v) is 15.7. The van der Waals surface area contributed by atoms with E-state index in [9.17, 15) is 29.4 Å². The van der Waals surface area contributed by atoms with E-state index in [0.29, 0.717) is 78.1 Å². The number of hydrogen-bond donors (Lipinski definition) is 2. The van der Waals surface area contributed by atoms with Crippen LogP contribution < -0.4 is 30.1 Å². The molecule has 16 nitrogen and oxygen atoms in total. The number of aliphatic hydroxyl groups is 2. The lowest BCUT2D eigenvalue weighted by atomic mass is 9.86. The molecule has 0 spiro atoms. The van der Waals surface area contributed by atoms with Gasteiger partial charge in [-0.2, -0.15) is 0 Å². The number of pyridine rings is 4. The van der Waals surface area contributed by atoms with Gasteiger partial charge in [0.2, 0.25) is 0 Å². The highest BCUT2D eigenvalue weighted by Gasteiger charge is 2.47. The minimum absolute atomic E-state index is 0.0605. The number of aromatic nitrogens is 4. The molecule has 386 valence electrons.